The van der Waals surface area contributed by atoms with Crippen molar-refractivity contribution in [2.24, 2.45) is 5.73 Å². The van der Waals surface area contributed by atoms with Gasteiger partial charge in [-0.1, -0.05) is 0 Å². The minimum absolute atomic E-state index is 0.637. The SMILES string of the molecule is CN(Cc1cn(CCN)cn1)Cc1ccco1. The highest BCUT2D eigenvalue weighted by Crippen LogP contribution is 2.07. The second-order valence-corrected chi connectivity index (χ2v) is 4.14. The topological polar surface area (TPSA) is 60.2 Å². The van der Waals surface area contributed by atoms with Gasteiger partial charge in [-0.25, -0.2) is 4.98 Å². The van der Waals surface area contributed by atoms with Gasteiger partial charge in [0.25, 0.3) is 0 Å². The summed E-state index contributed by atoms with van der Waals surface area (Å²) in [5.74, 6) is 0.967. The summed E-state index contributed by atoms with van der Waals surface area (Å²) in [5, 5.41) is 0. The van der Waals surface area contributed by atoms with Crippen molar-refractivity contribution in [1.82, 2.24) is 14.5 Å². The van der Waals surface area contributed by atoms with E-state index in [2.05, 4.69) is 9.88 Å². The molecule has 2 aromatic rings. The zero-order valence-electron chi connectivity index (χ0n) is 10.0. The van der Waals surface area contributed by atoms with E-state index in [4.69, 9.17) is 10.2 Å². The summed E-state index contributed by atoms with van der Waals surface area (Å²) in [5.41, 5.74) is 6.54. The Bertz CT molecular complexity index is 435. The largest absolute Gasteiger partial charge is 0.468 e. The molecule has 0 atom stereocenters. The van der Waals surface area contributed by atoms with Crippen LogP contribution in [0.4, 0.5) is 0 Å². The molecule has 5 nitrogen and oxygen atoms in total. The van der Waals surface area contributed by atoms with Crippen molar-refractivity contribution < 1.29 is 4.42 Å². The van der Waals surface area contributed by atoms with Gasteiger partial charge in [-0.2, -0.15) is 0 Å². The van der Waals surface area contributed by atoms with E-state index in [0.717, 1.165) is 31.1 Å². The van der Waals surface area contributed by atoms with Crippen LogP contribution < -0.4 is 5.73 Å². The summed E-state index contributed by atoms with van der Waals surface area (Å²) in [6, 6.07) is 3.88. The smallest absolute Gasteiger partial charge is 0.117 e. The lowest BCUT2D eigenvalue weighted by Gasteiger charge is -2.12. The molecule has 0 unspecified atom stereocenters. The summed E-state index contributed by atoms with van der Waals surface area (Å²) in [4.78, 5) is 6.50. The highest BCUT2D eigenvalue weighted by Gasteiger charge is 2.05. The molecule has 0 bridgehead atoms. The molecule has 0 saturated carbocycles. The van der Waals surface area contributed by atoms with E-state index >= 15 is 0 Å². The monoisotopic (exact) mass is 234 g/mol. The van der Waals surface area contributed by atoms with E-state index in [-0.39, 0.29) is 0 Å². The van der Waals surface area contributed by atoms with Crippen molar-refractivity contribution in [2.45, 2.75) is 19.6 Å². The Morgan fingerprint density at radius 2 is 2.35 bits per heavy atom. The molecule has 5 heteroatoms. The Balaban J connectivity index is 1.86. The maximum absolute atomic E-state index is 5.49. The Morgan fingerprint density at radius 1 is 1.47 bits per heavy atom. The molecule has 0 aliphatic heterocycles. The number of nitrogens with zero attached hydrogens (tertiary/aromatic N) is 3. The van der Waals surface area contributed by atoms with Crippen molar-refractivity contribution in [3.05, 3.63) is 42.4 Å². The standard InChI is InChI=1S/C12H18N4O/c1-15(9-12-3-2-6-17-12)7-11-8-16(5-4-13)10-14-11/h2-3,6,8,10H,4-5,7,9,13H2,1H3. The second-order valence-electron chi connectivity index (χ2n) is 4.14. The number of furan rings is 1. The van der Waals surface area contributed by atoms with E-state index in [1.54, 1.807) is 6.26 Å². The van der Waals surface area contributed by atoms with Crippen LogP contribution in [-0.4, -0.2) is 28.0 Å². The quantitative estimate of drug-likeness (QED) is 0.812. The van der Waals surface area contributed by atoms with Gasteiger partial charge < -0.3 is 14.7 Å². The fourth-order valence-electron chi connectivity index (χ4n) is 1.76. The van der Waals surface area contributed by atoms with Crippen molar-refractivity contribution in [2.75, 3.05) is 13.6 Å². The molecule has 0 saturated heterocycles. The maximum atomic E-state index is 5.49. The summed E-state index contributed by atoms with van der Waals surface area (Å²) in [6.45, 7) is 3.04. The molecule has 92 valence electrons. The van der Waals surface area contributed by atoms with Crippen LogP contribution in [0.25, 0.3) is 0 Å². The summed E-state index contributed by atoms with van der Waals surface area (Å²) >= 11 is 0. The van der Waals surface area contributed by atoms with E-state index in [1.165, 1.54) is 0 Å². The molecule has 0 aliphatic carbocycles. The van der Waals surface area contributed by atoms with E-state index in [0.29, 0.717) is 6.54 Å². The normalized spacial score (nSPS) is 11.2. The third-order valence-electron chi connectivity index (χ3n) is 2.51. The van der Waals surface area contributed by atoms with Crippen LogP contribution in [-0.2, 0) is 19.6 Å². The Labute approximate surface area is 101 Å². The molecule has 2 rings (SSSR count). The Hall–Kier alpha value is -1.59. The number of rotatable bonds is 6. The zero-order valence-corrected chi connectivity index (χ0v) is 10.0. The molecule has 0 fully saturated rings. The maximum Gasteiger partial charge on any atom is 0.117 e. The van der Waals surface area contributed by atoms with Gasteiger partial charge in [0.05, 0.1) is 24.8 Å². The van der Waals surface area contributed by atoms with Crippen LogP contribution in [0, 0.1) is 0 Å². The highest BCUT2D eigenvalue weighted by molar-refractivity contribution is 5.00. The lowest BCUT2D eigenvalue weighted by molar-refractivity contribution is 0.285. The number of hydrogen-bond acceptors (Lipinski definition) is 4. The van der Waals surface area contributed by atoms with Crippen LogP contribution in [0.1, 0.15) is 11.5 Å². The van der Waals surface area contributed by atoms with Crippen molar-refractivity contribution in [3.8, 4) is 0 Å². The molecule has 0 aromatic carbocycles. The first-order chi connectivity index (χ1) is 8.28. The van der Waals surface area contributed by atoms with Crippen LogP contribution in [0.3, 0.4) is 0 Å². The third kappa shape index (κ3) is 3.44. The van der Waals surface area contributed by atoms with Crippen molar-refractivity contribution in [1.29, 1.82) is 0 Å². The number of imidazole rings is 1. The average molecular weight is 234 g/mol. The van der Waals surface area contributed by atoms with Gasteiger partial charge in [0.15, 0.2) is 0 Å². The van der Waals surface area contributed by atoms with Crippen LogP contribution in [0.2, 0.25) is 0 Å². The summed E-state index contributed by atoms with van der Waals surface area (Å²) < 4.78 is 7.31. The molecule has 0 spiro atoms. The van der Waals surface area contributed by atoms with Gasteiger partial charge >= 0.3 is 0 Å². The van der Waals surface area contributed by atoms with Gasteiger partial charge in [0.1, 0.15) is 5.76 Å². The van der Waals surface area contributed by atoms with Crippen LogP contribution in [0.15, 0.2) is 35.3 Å². The Kier molecular flexibility index (Phi) is 3.95. The van der Waals surface area contributed by atoms with Gasteiger partial charge in [-0.3, -0.25) is 4.90 Å². The molecule has 0 radical (unpaired) electrons. The molecule has 0 amide bonds. The van der Waals surface area contributed by atoms with Crippen LogP contribution >= 0.6 is 0 Å². The van der Waals surface area contributed by atoms with E-state index in [9.17, 15) is 0 Å². The number of aromatic nitrogens is 2. The first-order valence-corrected chi connectivity index (χ1v) is 5.69. The summed E-state index contributed by atoms with van der Waals surface area (Å²) in [6.07, 6.45) is 5.55. The van der Waals surface area contributed by atoms with E-state index in [1.807, 2.05) is 36.3 Å². The van der Waals surface area contributed by atoms with Gasteiger partial charge in [0, 0.05) is 25.8 Å². The predicted octanol–water partition coefficient (Wildman–Crippen LogP) is 1.07. The number of nitrogens with two attached hydrogens (primary N) is 1. The highest BCUT2D eigenvalue weighted by atomic mass is 16.3. The van der Waals surface area contributed by atoms with E-state index < -0.39 is 0 Å². The molecule has 17 heavy (non-hydrogen) atoms. The fourth-order valence-corrected chi connectivity index (χ4v) is 1.76. The van der Waals surface area contributed by atoms with Crippen molar-refractivity contribution in [3.63, 3.8) is 0 Å². The molecule has 2 heterocycles. The number of hydrogen-bond donors (Lipinski definition) is 1. The Morgan fingerprint density at radius 3 is 3.06 bits per heavy atom. The zero-order chi connectivity index (χ0) is 12.1. The lowest BCUT2D eigenvalue weighted by atomic mass is 10.4. The minimum Gasteiger partial charge on any atom is -0.468 e. The first kappa shape index (κ1) is 11.9. The van der Waals surface area contributed by atoms with Gasteiger partial charge in [-0.05, 0) is 19.2 Å². The van der Waals surface area contributed by atoms with Gasteiger partial charge in [0.2, 0.25) is 0 Å². The molecule has 0 aliphatic rings. The third-order valence-corrected chi connectivity index (χ3v) is 2.51. The first-order valence-electron chi connectivity index (χ1n) is 5.69. The predicted molar refractivity (Wildman–Crippen MR) is 65.2 cm³/mol. The fraction of sp³-hybridized carbons (Fsp3) is 0.417. The lowest BCUT2D eigenvalue weighted by Crippen LogP contribution is -2.17. The van der Waals surface area contributed by atoms with Gasteiger partial charge in [-0.15, -0.1) is 0 Å². The molecule has 2 N–H and O–H groups in total. The molecule has 2 aromatic heterocycles. The second kappa shape index (κ2) is 5.65. The summed E-state index contributed by atoms with van der Waals surface area (Å²) in [7, 11) is 2.05. The van der Waals surface area contributed by atoms with Crippen molar-refractivity contribution >= 4 is 0 Å². The molecular weight excluding hydrogens is 216 g/mol. The minimum atomic E-state index is 0.637. The molecular formula is C12H18N4O. The average Bonchev–Trinajstić information content (AvgIpc) is 2.91. The van der Waals surface area contributed by atoms with Crippen LogP contribution in [0.5, 0.6) is 0 Å².